The van der Waals surface area contributed by atoms with Crippen LogP contribution in [0.5, 0.6) is 5.75 Å². The second-order valence-corrected chi connectivity index (χ2v) is 6.57. The van der Waals surface area contributed by atoms with Gasteiger partial charge in [-0.05, 0) is 30.5 Å². The third-order valence-corrected chi connectivity index (χ3v) is 4.91. The summed E-state index contributed by atoms with van der Waals surface area (Å²) in [6.07, 6.45) is 5.70. The van der Waals surface area contributed by atoms with Crippen LogP contribution in [0.1, 0.15) is 30.0 Å². The molecule has 3 aromatic rings. The predicted octanol–water partition coefficient (Wildman–Crippen LogP) is 2.31. The monoisotopic (exact) mass is 351 g/mol. The number of hydrogen-bond donors (Lipinski definition) is 1. The molecule has 26 heavy (non-hydrogen) atoms. The molecule has 0 aliphatic carbocycles. The van der Waals surface area contributed by atoms with Crippen molar-refractivity contribution in [1.82, 2.24) is 25.1 Å². The van der Waals surface area contributed by atoms with Crippen LogP contribution in [0.15, 0.2) is 36.7 Å². The molecule has 7 nitrogen and oxygen atoms in total. The number of fused-ring (bicyclic) bond motifs is 1. The minimum Gasteiger partial charge on any atom is -0.497 e. The fraction of sp³-hybridized carbons (Fsp3) is 0.368. The molecule has 1 unspecified atom stereocenters. The molecule has 3 heterocycles. The van der Waals surface area contributed by atoms with Crippen molar-refractivity contribution in [1.29, 1.82) is 0 Å². The Morgan fingerprint density at radius 3 is 2.88 bits per heavy atom. The van der Waals surface area contributed by atoms with Gasteiger partial charge >= 0.3 is 0 Å². The molecule has 0 saturated carbocycles. The van der Waals surface area contributed by atoms with Gasteiger partial charge in [0.1, 0.15) is 11.3 Å². The summed E-state index contributed by atoms with van der Waals surface area (Å²) in [5, 5.41) is 7.31. The maximum Gasteiger partial charge on any atom is 0.227 e. The van der Waals surface area contributed by atoms with Crippen molar-refractivity contribution >= 4 is 17.1 Å². The van der Waals surface area contributed by atoms with E-state index in [0.717, 1.165) is 41.9 Å². The number of benzene rings is 1. The number of nitrogens with one attached hydrogen (secondary N) is 1. The van der Waals surface area contributed by atoms with Gasteiger partial charge in [0.05, 0.1) is 19.2 Å². The third kappa shape index (κ3) is 3.24. The number of aromatic nitrogens is 4. The molecule has 0 bridgehead atoms. The molecule has 0 spiro atoms. The minimum absolute atomic E-state index is 0.148. The molecule has 1 aliphatic rings. The lowest BCUT2D eigenvalue weighted by molar-refractivity contribution is -0.131. The zero-order chi connectivity index (χ0) is 17.9. The highest BCUT2D eigenvalue weighted by molar-refractivity contribution is 5.79. The van der Waals surface area contributed by atoms with Crippen molar-refractivity contribution in [2.45, 2.75) is 25.2 Å². The molecule has 1 amide bonds. The van der Waals surface area contributed by atoms with E-state index in [4.69, 9.17) is 4.74 Å². The van der Waals surface area contributed by atoms with Crippen LogP contribution in [0, 0.1) is 0 Å². The Bertz CT molecular complexity index is 906. The van der Waals surface area contributed by atoms with Crippen LogP contribution in [0.3, 0.4) is 0 Å². The Morgan fingerprint density at radius 2 is 2.08 bits per heavy atom. The average molecular weight is 351 g/mol. The maximum absolute atomic E-state index is 12.7. The summed E-state index contributed by atoms with van der Waals surface area (Å²) in [5.41, 5.74) is 3.41. The number of nitrogens with zero attached hydrogens (tertiary/aromatic N) is 4. The second kappa shape index (κ2) is 7.11. The van der Waals surface area contributed by atoms with Gasteiger partial charge in [-0.15, -0.1) is 0 Å². The number of methoxy groups -OCH3 is 1. The molecule has 2 aromatic heterocycles. The van der Waals surface area contributed by atoms with E-state index >= 15 is 0 Å². The van der Waals surface area contributed by atoms with Crippen LogP contribution in [0.2, 0.25) is 0 Å². The van der Waals surface area contributed by atoms with Crippen molar-refractivity contribution in [3.05, 3.63) is 47.9 Å². The summed E-state index contributed by atoms with van der Waals surface area (Å²) < 4.78 is 5.17. The minimum atomic E-state index is 0.148. The van der Waals surface area contributed by atoms with Gasteiger partial charge < -0.3 is 9.64 Å². The summed E-state index contributed by atoms with van der Waals surface area (Å²) in [6.45, 7) is 1.48. The number of piperidine rings is 1. The van der Waals surface area contributed by atoms with E-state index < -0.39 is 0 Å². The van der Waals surface area contributed by atoms with Crippen LogP contribution in [0.4, 0.5) is 0 Å². The van der Waals surface area contributed by atoms with E-state index in [2.05, 4.69) is 20.2 Å². The van der Waals surface area contributed by atoms with Gasteiger partial charge in [0.25, 0.3) is 0 Å². The van der Waals surface area contributed by atoms with E-state index in [9.17, 15) is 4.79 Å². The Labute approximate surface area is 151 Å². The van der Waals surface area contributed by atoms with Crippen LogP contribution in [-0.4, -0.2) is 51.2 Å². The molecular weight excluding hydrogens is 330 g/mol. The molecule has 1 fully saturated rings. The fourth-order valence-electron chi connectivity index (χ4n) is 3.52. The van der Waals surface area contributed by atoms with Gasteiger partial charge in [-0.1, -0.05) is 12.1 Å². The summed E-state index contributed by atoms with van der Waals surface area (Å²) in [5.74, 6) is 1.16. The number of aromatic amines is 1. The highest BCUT2D eigenvalue weighted by atomic mass is 16.5. The van der Waals surface area contributed by atoms with Gasteiger partial charge in [-0.2, -0.15) is 5.10 Å². The lowest BCUT2D eigenvalue weighted by Crippen LogP contribution is -2.40. The van der Waals surface area contributed by atoms with Crippen LogP contribution < -0.4 is 4.74 Å². The smallest absolute Gasteiger partial charge is 0.227 e. The first-order valence-electron chi connectivity index (χ1n) is 8.80. The Hall–Kier alpha value is -2.96. The second-order valence-electron chi connectivity index (χ2n) is 6.57. The van der Waals surface area contributed by atoms with E-state index in [-0.39, 0.29) is 11.8 Å². The highest BCUT2D eigenvalue weighted by Gasteiger charge is 2.27. The lowest BCUT2D eigenvalue weighted by atomic mass is 9.94. The summed E-state index contributed by atoms with van der Waals surface area (Å²) in [6, 6.07) is 7.65. The molecule has 4 rings (SSSR count). The SMILES string of the molecule is COc1ccc(CC(=O)N2CCCC(c3[nH]nc4nccnc34)C2)cc1. The highest BCUT2D eigenvalue weighted by Crippen LogP contribution is 2.29. The number of rotatable bonds is 4. The van der Waals surface area contributed by atoms with Gasteiger partial charge in [0.15, 0.2) is 5.65 Å². The van der Waals surface area contributed by atoms with E-state index in [0.29, 0.717) is 18.6 Å². The number of likely N-dealkylation sites (tertiary alicyclic amines) is 1. The molecule has 1 aliphatic heterocycles. The van der Waals surface area contributed by atoms with Gasteiger partial charge in [-0.25, -0.2) is 9.97 Å². The van der Waals surface area contributed by atoms with Crippen molar-refractivity contribution in [2.24, 2.45) is 0 Å². The number of amides is 1. The normalized spacial score (nSPS) is 17.4. The molecule has 134 valence electrons. The van der Waals surface area contributed by atoms with E-state index in [1.165, 1.54) is 0 Å². The molecular formula is C19H21N5O2. The molecule has 1 N–H and O–H groups in total. The number of carbonyl (C=O) groups is 1. The van der Waals surface area contributed by atoms with Gasteiger partial charge in [-0.3, -0.25) is 9.89 Å². The molecule has 1 saturated heterocycles. The fourth-order valence-corrected chi connectivity index (χ4v) is 3.52. The standard InChI is InChI=1S/C19H21N5O2/c1-26-15-6-4-13(5-7-15)11-16(25)24-10-2-3-14(12-24)17-18-19(23-22-17)21-9-8-20-18/h4-9,14H,2-3,10-12H2,1H3,(H,21,22,23). The van der Waals surface area contributed by atoms with Crippen LogP contribution in [-0.2, 0) is 11.2 Å². The first kappa shape index (κ1) is 16.5. The Kier molecular flexibility index (Phi) is 4.51. The first-order chi connectivity index (χ1) is 12.7. The van der Waals surface area contributed by atoms with Crippen LogP contribution >= 0.6 is 0 Å². The number of ether oxygens (including phenoxy) is 1. The first-order valence-corrected chi connectivity index (χ1v) is 8.80. The van der Waals surface area contributed by atoms with Crippen molar-refractivity contribution in [2.75, 3.05) is 20.2 Å². The van der Waals surface area contributed by atoms with Gasteiger partial charge in [0, 0.05) is 31.4 Å². The maximum atomic E-state index is 12.7. The number of H-pyrrole nitrogens is 1. The quantitative estimate of drug-likeness (QED) is 0.780. The Morgan fingerprint density at radius 1 is 1.27 bits per heavy atom. The van der Waals surface area contributed by atoms with Crippen LogP contribution in [0.25, 0.3) is 11.2 Å². The number of hydrogen-bond acceptors (Lipinski definition) is 5. The van der Waals surface area contributed by atoms with E-state index in [1.807, 2.05) is 29.2 Å². The van der Waals surface area contributed by atoms with Crippen molar-refractivity contribution in [3.63, 3.8) is 0 Å². The largest absolute Gasteiger partial charge is 0.497 e. The zero-order valence-electron chi connectivity index (χ0n) is 14.7. The zero-order valence-corrected chi connectivity index (χ0v) is 14.7. The topological polar surface area (TPSA) is 84.0 Å². The molecule has 7 heteroatoms. The average Bonchev–Trinajstić information content (AvgIpc) is 3.13. The third-order valence-electron chi connectivity index (χ3n) is 4.91. The van der Waals surface area contributed by atoms with E-state index in [1.54, 1.807) is 19.5 Å². The predicted molar refractivity (Wildman–Crippen MR) is 96.9 cm³/mol. The Balaban J connectivity index is 1.46. The summed E-state index contributed by atoms with van der Waals surface area (Å²) in [7, 11) is 1.64. The molecule has 1 atom stereocenters. The van der Waals surface area contributed by atoms with Gasteiger partial charge in [0.2, 0.25) is 5.91 Å². The summed E-state index contributed by atoms with van der Waals surface area (Å²) >= 11 is 0. The molecule has 0 radical (unpaired) electrons. The molecule has 1 aromatic carbocycles. The summed E-state index contributed by atoms with van der Waals surface area (Å²) in [4.78, 5) is 23.3. The lowest BCUT2D eigenvalue weighted by Gasteiger charge is -2.32. The van der Waals surface area contributed by atoms with Crippen molar-refractivity contribution in [3.8, 4) is 5.75 Å². The van der Waals surface area contributed by atoms with Crippen molar-refractivity contribution < 1.29 is 9.53 Å². The number of carbonyl (C=O) groups excluding carboxylic acids is 1.